The van der Waals surface area contributed by atoms with Gasteiger partial charge in [0.15, 0.2) is 11.6 Å². The number of nitrogens with two attached hydrogens (primary N) is 1. The topological polar surface area (TPSA) is 64.4 Å². The normalized spacial score (nSPS) is 11.4. The minimum absolute atomic E-state index is 0. The van der Waals surface area contributed by atoms with Gasteiger partial charge in [-0.1, -0.05) is 6.92 Å². The van der Waals surface area contributed by atoms with Crippen molar-refractivity contribution in [3.05, 3.63) is 29.8 Å². The van der Waals surface area contributed by atoms with Crippen molar-refractivity contribution in [2.75, 3.05) is 19.7 Å². The van der Waals surface area contributed by atoms with Crippen LogP contribution >= 0.6 is 12.4 Å². The fourth-order valence-corrected chi connectivity index (χ4v) is 1.19. The number of hydrogen-bond acceptors (Lipinski definition) is 3. The molecular weight excluding hydrogens is 278 g/mol. The second-order valence-corrected chi connectivity index (χ2v) is 3.85. The van der Waals surface area contributed by atoms with Gasteiger partial charge in [-0.25, -0.2) is 8.78 Å². The van der Waals surface area contributed by atoms with Gasteiger partial charge in [0.05, 0.1) is 6.54 Å². The molecule has 0 saturated heterocycles. The van der Waals surface area contributed by atoms with E-state index in [1.165, 1.54) is 6.07 Å². The highest BCUT2D eigenvalue weighted by Crippen LogP contribution is 2.14. The van der Waals surface area contributed by atoms with Crippen LogP contribution in [0.4, 0.5) is 8.78 Å². The van der Waals surface area contributed by atoms with Crippen molar-refractivity contribution in [3.63, 3.8) is 0 Å². The van der Waals surface area contributed by atoms with Crippen LogP contribution in [0.2, 0.25) is 0 Å². The monoisotopic (exact) mass is 294 g/mol. The quantitative estimate of drug-likeness (QED) is 0.781. The highest BCUT2D eigenvalue weighted by atomic mass is 35.5. The molecule has 3 N–H and O–H groups in total. The lowest BCUT2D eigenvalue weighted by Gasteiger charge is -2.10. The summed E-state index contributed by atoms with van der Waals surface area (Å²) >= 11 is 0. The Bertz CT molecular complexity index is 419. The number of rotatable bonds is 6. The van der Waals surface area contributed by atoms with Crippen LogP contribution in [0.25, 0.3) is 0 Å². The Morgan fingerprint density at radius 2 is 2.11 bits per heavy atom. The van der Waals surface area contributed by atoms with Gasteiger partial charge in [0.25, 0.3) is 0 Å². The Labute approximate surface area is 116 Å². The molecule has 0 spiro atoms. The van der Waals surface area contributed by atoms with E-state index in [9.17, 15) is 13.6 Å². The molecule has 0 saturated carbocycles. The lowest BCUT2D eigenvalue weighted by atomic mass is 10.2. The summed E-state index contributed by atoms with van der Waals surface area (Å²) in [5.74, 6) is -2.09. The van der Waals surface area contributed by atoms with Crippen molar-refractivity contribution in [1.29, 1.82) is 0 Å². The van der Waals surface area contributed by atoms with Gasteiger partial charge in [-0.2, -0.15) is 0 Å². The Hall–Kier alpha value is -1.40. The molecule has 108 valence electrons. The molecule has 0 bridgehead atoms. The number of benzene rings is 1. The van der Waals surface area contributed by atoms with E-state index >= 15 is 0 Å². The number of nitrogens with one attached hydrogen (secondary N) is 1. The summed E-state index contributed by atoms with van der Waals surface area (Å²) in [7, 11) is 0. The molecule has 1 rings (SSSR count). The molecule has 1 unspecified atom stereocenters. The Morgan fingerprint density at radius 1 is 1.42 bits per heavy atom. The van der Waals surface area contributed by atoms with Crippen LogP contribution in [0.15, 0.2) is 18.2 Å². The first-order valence-electron chi connectivity index (χ1n) is 5.60. The van der Waals surface area contributed by atoms with Gasteiger partial charge in [-0.05, 0) is 12.1 Å². The van der Waals surface area contributed by atoms with E-state index in [2.05, 4.69) is 5.32 Å². The van der Waals surface area contributed by atoms with Gasteiger partial charge in [-0.15, -0.1) is 12.4 Å². The highest BCUT2D eigenvalue weighted by molar-refractivity contribution is 5.85. The second kappa shape index (κ2) is 8.66. The fourth-order valence-electron chi connectivity index (χ4n) is 1.19. The van der Waals surface area contributed by atoms with Crippen molar-refractivity contribution in [2.45, 2.75) is 6.92 Å². The molecule has 19 heavy (non-hydrogen) atoms. The minimum Gasteiger partial charge on any atom is -0.492 e. The van der Waals surface area contributed by atoms with Gasteiger partial charge in [-0.3, -0.25) is 4.79 Å². The van der Waals surface area contributed by atoms with Crippen molar-refractivity contribution in [3.8, 4) is 5.75 Å². The van der Waals surface area contributed by atoms with E-state index in [0.717, 1.165) is 12.1 Å². The van der Waals surface area contributed by atoms with E-state index in [1.54, 1.807) is 6.92 Å². The average molecular weight is 295 g/mol. The van der Waals surface area contributed by atoms with Crippen molar-refractivity contribution in [1.82, 2.24) is 5.32 Å². The van der Waals surface area contributed by atoms with E-state index in [0.29, 0.717) is 0 Å². The first-order valence-corrected chi connectivity index (χ1v) is 5.60. The third kappa shape index (κ3) is 5.85. The van der Waals surface area contributed by atoms with E-state index in [1.807, 2.05) is 0 Å². The Balaban J connectivity index is 0.00000324. The summed E-state index contributed by atoms with van der Waals surface area (Å²) < 4.78 is 30.6. The van der Waals surface area contributed by atoms with Crippen LogP contribution < -0.4 is 15.8 Å². The summed E-state index contributed by atoms with van der Waals surface area (Å²) in [4.78, 5) is 11.3. The first-order chi connectivity index (χ1) is 8.54. The van der Waals surface area contributed by atoms with Gasteiger partial charge in [0, 0.05) is 18.5 Å². The number of amides is 1. The van der Waals surface area contributed by atoms with Gasteiger partial charge < -0.3 is 15.8 Å². The van der Waals surface area contributed by atoms with Crippen molar-refractivity contribution in [2.24, 2.45) is 11.7 Å². The molecule has 1 aromatic rings. The summed E-state index contributed by atoms with van der Waals surface area (Å²) in [6.45, 7) is 2.44. The van der Waals surface area contributed by atoms with Crippen LogP contribution in [0.3, 0.4) is 0 Å². The molecule has 0 radical (unpaired) electrons. The third-order valence-electron chi connectivity index (χ3n) is 2.36. The molecule has 0 heterocycles. The molecule has 0 aliphatic carbocycles. The van der Waals surface area contributed by atoms with Crippen molar-refractivity contribution >= 4 is 18.3 Å². The smallest absolute Gasteiger partial charge is 0.224 e. The summed E-state index contributed by atoms with van der Waals surface area (Å²) in [5.41, 5.74) is 5.33. The minimum atomic E-state index is -0.965. The van der Waals surface area contributed by atoms with Gasteiger partial charge in [0.2, 0.25) is 5.91 Å². The van der Waals surface area contributed by atoms with Crippen LogP contribution in [-0.2, 0) is 4.79 Å². The largest absolute Gasteiger partial charge is 0.492 e. The summed E-state index contributed by atoms with van der Waals surface area (Å²) in [6.07, 6.45) is 0. The summed E-state index contributed by atoms with van der Waals surface area (Å²) in [6, 6.07) is 3.27. The molecule has 7 heteroatoms. The van der Waals surface area contributed by atoms with Crippen LogP contribution in [0.5, 0.6) is 5.75 Å². The standard InChI is InChI=1S/C12H16F2N2O2.ClH/c1-8(7-15)12(17)16-4-5-18-9-2-3-10(13)11(14)6-9;/h2-3,6,8H,4-5,7,15H2,1H3,(H,16,17);1H. The lowest BCUT2D eigenvalue weighted by Crippen LogP contribution is -2.35. The zero-order chi connectivity index (χ0) is 13.5. The fraction of sp³-hybridized carbons (Fsp3) is 0.417. The predicted molar refractivity (Wildman–Crippen MR) is 70.3 cm³/mol. The van der Waals surface area contributed by atoms with E-state index in [-0.39, 0.29) is 49.7 Å². The predicted octanol–water partition coefficient (Wildman–Crippen LogP) is 1.48. The zero-order valence-electron chi connectivity index (χ0n) is 10.5. The Morgan fingerprint density at radius 3 is 2.68 bits per heavy atom. The zero-order valence-corrected chi connectivity index (χ0v) is 11.3. The molecule has 0 fully saturated rings. The van der Waals surface area contributed by atoms with Crippen LogP contribution in [-0.4, -0.2) is 25.6 Å². The molecule has 0 aliphatic rings. The number of hydrogen-bond donors (Lipinski definition) is 2. The lowest BCUT2D eigenvalue weighted by molar-refractivity contribution is -0.124. The number of ether oxygens (including phenoxy) is 1. The van der Waals surface area contributed by atoms with Gasteiger partial charge in [0.1, 0.15) is 12.4 Å². The maximum absolute atomic E-state index is 12.8. The molecule has 4 nitrogen and oxygen atoms in total. The molecule has 0 aromatic heterocycles. The van der Waals surface area contributed by atoms with Gasteiger partial charge >= 0.3 is 0 Å². The third-order valence-corrected chi connectivity index (χ3v) is 2.36. The molecule has 1 aromatic carbocycles. The highest BCUT2D eigenvalue weighted by Gasteiger charge is 2.09. The number of halogens is 3. The van der Waals surface area contributed by atoms with Crippen LogP contribution in [0.1, 0.15) is 6.92 Å². The second-order valence-electron chi connectivity index (χ2n) is 3.85. The van der Waals surface area contributed by atoms with Crippen LogP contribution in [0, 0.1) is 17.6 Å². The van der Waals surface area contributed by atoms with E-state index < -0.39 is 11.6 Å². The molecule has 1 atom stereocenters. The molecule has 0 aliphatic heterocycles. The van der Waals surface area contributed by atoms with E-state index in [4.69, 9.17) is 10.5 Å². The average Bonchev–Trinajstić information content (AvgIpc) is 2.37. The number of carbonyl (C=O) groups excluding carboxylic acids is 1. The maximum Gasteiger partial charge on any atom is 0.224 e. The number of carbonyl (C=O) groups is 1. The molecule has 1 amide bonds. The van der Waals surface area contributed by atoms with Crippen molar-refractivity contribution < 1.29 is 18.3 Å². The maximum atomic E-state index is 12.8. The summed E-state index contributed by atoms with van der Waals surface area (Å²) in [5, 5.41) is 2.62. The SMILES string of the molecule is CC(CN)C(=O)NCCOc1ccc(F)c(F)c1.Cl. The molecular formula is C12H17ClF2N2O2. The first kappa shape index (κ1) is 17.6. The Kier molecular flexibility index (Phi) is 8.02.